The highest BCUT2D eigenvalue weighted by Gasteiger charge is 2.26. The number of amides is 1. The monoisotopic (exact) mass is 436 g/mol. The maximum atomic E-state index is 13.1. The number of carbonyl (C=O) groups is 1. The Labute approximate surface area is 181 Å². The van der Waals surface area contributed by atoms with Crippen molar-refractivity contribution >= 4 is 12.1 Å². The smallest absolute Gasteiger partial charge is 0.263 e. The van der Waals surface area contributed by atoms with Crippen LogP contribution < -0.4 is 5.56 Å². The fourth-order valence-corrected chi connectivity index (χ4v) is 4.24. The standard InChI is InChI=1S/C22H21FN6O3/c1-13-20(22-24-18(27-32-22)10-14-2-4-16(23)5-3-14)21-25-19(31)11-17(29(21)26-13)15-6-8-28(12-30)9-7-15/h2-5,11-12,15H,6-10H2,1H3,(H,25,31). The minimum absolute atomic E-state index is 0.111. The van der Waals surface area contributed by atoms with Gasteiger partial charge in [0, 0.05) is 31.5 Å². The number of likely N-dealkylation sites (tertiary alicyclic amines) is 1. The van der Waals surface area contributed by atoms with Crippen molar-refractivity contribution in [2.45, 2.75) is 32.1 Å². The third-order valence-corrected chi connectivity index (χ3v) is 5.88. The number of piperidine rings is 1. The number of rotatable bonds is 5. The molecule has 9 nitrogen and oxygen atoms in total. The molecule has 1 amide bonds. The second kappa shape index (κ2) is 8.03. The van der Waals surface area contributed by atoms with Crippen LogP contribution >= 0.6 is 0 Å². The van der Waals surface area contributed by atoms with Gasteiger partial charge in [0.1, 0.15) is 17.0 Å². The normalized spacial score (nSPS) is 14.9. The fraction of sp³-hybridized carbons (Fsp3) is 0.318. The number of nitrogens with zero attached hydrogens (tertiary/aromatic N) is 5. The van der Waals surface area contributed by atoms with Crippen LogP contribution in [0.5, 0.6) is 0 Å². The number of benzene rings is 1. The molecule has 1 fully saturated rings. The summed E-state index contributed by atoms with van der Waals surface area (Å²) in [4.78, 5) is 32.6. The van der Waals surface area contributed by atoms with E-state index in [0.29, 0.717) is 42.2 Å². The summed E-state index contributed by atoms with van der Waals surface area (Å²) in [6.45, 7) is 3.11. The Morgan fingerprint density at radius 2 is 2.00 bits per heavy atom. The lowest BCUT2D eigenvalue weighted by Crippen LogP contribution is -2.32. The molecule has 164 valence electrons. The Kier molecular flexibility index (Phi) is 5.04. The van der Waals surface area contributed by atoms with Gasteiger partial charge in [-0.05, 0) is 37.5 Å². The summed E-state index contributed by atoms with van der Waals surface area (Å²) >= 11 is 0. The zero-order valence-corrected chi connectivity index (χ0v) is 17.4. The van der Waals surface area contributed by atoms with E-state index in [-0.39, 0.29) is 23.2 Å². The quantitative estimate of drug-likeness (QED) is 0.481. The molecule has 0 unspecified atom stereocenters. The van der Waals surface area contributed by atoms with Crippen molar-refractivity contribution in [3.05, 3.63) is 69.3 Å². The van der Waals surface area contributed by atoms with Crippen molar-refractivity contribution < 1.29 is 13.7 Å². The number of H-pyrrole nitrogens is 1. The maximum absolute atomic E-state index is 13.1. The van der Waals surface area contributed by atoms with Crippen LogP contribution in [0.4, 0.5) is 4.39 Å². The topological polar surface area (TPSA) is 109 Å². The molecule has 0 aliphatic carbocycles. The second-order valence-corrected chi connectivity index (χ2v) is 8.01. The largest absolute Gasteiger partial charge is 0.345 e. The molecule has 32 heavy (non-hydrogen) atoms. The van der Waals surface area contributed by atoms with E-state index in [1.54, 1.807) is 27.6 Å². The number of hydrogen-bond acceptors (Lipinski definition) is 6. The van der Waals surface area contributed by atoms with Gasteiger partial charge in [-0.3, -0.25) is 9.59 Å². The van der Waals surface area contributed by atoms with Crippen LogP contribution in [-0.4, -0.2) is 49.1 Å². The van der Waals surface area contributed by atoms with Crippen molar-refractivity contribution in [2.75, 3.05) is 13.1 Å². The third-order valence-electron chi connectivity index (χ3n) is 5.88. The average Bonchev–Trinajstić information content (AvgIpc) is 3.38. The van der Waals surface area contributed by atoms with E-state index in [1.807, 2.05) is 6.92 Å². The van der Waals surface area contributed by atoms with Gasteiger partial charge < -0.3 is 14.4 Å². The number of halogens is 1. The Hall–Kier alpha value is -3.82. The lowest BCUT2D eigenvalue weighted by Gasteiger charge is -2.29. The van der Waals surface area contributed by atoms with E-state index in [4.69, 9.17) is 4.52 Å². The number of nitrogens with one attached hydrogen (secondary N) is 1. The van der Waals surface area contributed by atoms with Gasteiger partial charge in [0.05, 0.1) is 11.4 Å². The molecule has 0 atom stereocenters. The molecular weight excluding hydrogens is 415 g/mol. The van der Waals surface area contributed by atoms with Gasteiger partial charge in [-0.15, -0.1) is 0 Å². The van der Waals surface area contributed by atoms with Crippen molar-refractivity contribution in [3.63, 3.8) is 0 Å². The van der Waals surface area contributed by atoms with E-state index in [2.05, 4.69) is 20.2 Å². The number of aromatic nitrogens is 5. The Morgan fingerprint density at radius 3 is 2.72 bits per heavy atom. The average molecular weight is 436 g/mol. The number of fused-ring (bicyclic) bond motifs is 1. The Balaban J connectivity index is 1.50. The lowest BCUT2D eigenvalue weighted by molar-refractivity contribution is -0.119. The highest BCUT2D eigenvalue weighted by molar-refractivity contribution is 5.74. The zero-order chi connectivity index (χ0) is 22.2. The third kappa shape index (κ3) is 3.68. The maximum Gasteiger partial charge on any atom is 0.263 e. The first-order valence-electron chi connectivity index (χ1n) is 10.4. The molecule has 5 rings (SSSR count). The fourth-order valence-electron chi connectivity index (χ4n) is 4.24. The predicted molar refractivity (Wildman–Crippen MR) is 113 cm³/mol. The van der Waals surface area contributed by atoms with Gasteiger partial charge in [-0.1, -0.05) is 17.3 Å². The highest BCUT2D eigenvalue weighted by Crippen LogP contribution is 2.31. The van der Waals surface area contributed by atoms with Gasteiger partial charge in [0.15, 0.2) is 5.82 Å². The first kappa shape index (κ1) is 20.1. The van der Waals surface area contributed by atoms with E-state index in [9.17, 15) is 14.0 Å². The van der Waals surface area contributed by atoms with Gasteiger partial charge >= 0.3 is 0 Å². The van der Waals surface area contributed by atoms with Crippen LogP contribution in [0.1, 0.15) is 41.5 Å². The van der Waals surface area contributed by atoms with Crippen molar-refractivity contribution in [2.24, 2.45) is 0 Å². The molecule has 0 spiro atoms. The summed E-state index contributed by atoms with van der Waals surface area (Å²) in [5.41, 5.74) is 3.14. The van der Waals surface area contributed by atoms with E-state index in [0.717, 1.165) is 30.5 Å². The van der Waals surface area contributed by atoms with E-state index < -0.39 is 0 Å². The number of hydrogen-bond donors (Lipinski definition) is 1. The molecule has 1 aliphatic heterocycles. The lowest BCUT2D eigenvalue weighted by atomic mass is 9.93. The molecule has 0 radical (unpaired) electrons. The first-order valence-corrected chi connectivity index (χ1v) is 10.4. The summed E-state index contributed by atoms with van der Waals surface area (Å²) < 4.78 is 20.4. The minimum atomic E-state index is -0.305. The van der Waals surface area contributed by atoms with Gasteiger partial charge in [0.2, 0.25) is 6.41 Å². The highest BCUT2D eigenvalue weighted by atomic mass is 19.1. The number of aryl methyl sites for hydroxylation is 1. The van der Waals surface area contributed by atoms with Crippen molar-refractivity contribution in [1.82, 2.24) is 29.6 Å². The molecule has 0 bridgehead atoms. The van der Waals surface area contributed by atoms with Crippen molar-refractivity contribution in [1.29, 1.82) is 0 Å². The molecule has 4 heterocycles. The summed E-state index contributed by atoms with van der Waals surface area (Å²) in [5.74, 6) is 0.518. The molecule has 1 saturated heterocycles. The first-order chi connectivity index (χ1) is 15.5. The van der Waals surface area contributed by atoms with Crippen LogP contribution in [0.3, 0.4) is 0 Å². The molecule has 1 N–H and O–H groups in total. The summed E-state index contributed by atoms with van der Waals surface area (Å²) in [7, 11) is 0. The predicted octanol–water partition coefficient (Wildman–Crippen LogP) is 2.45. The van der Waals surface area contributed by atoms with E-state index in [1.165, 1.54) is 12.1 Å². The van der Waals surface area contributed by atoms with Crippen LogP contribution in [0.25, 0.3) is 17.1 Å². The molecule has 3 aromatic heterocycles. The van der Waals surface area contributed by atoms with Gasteiger partial charge in [0.25, 0.3) is 11.4 Å². The molecule has 0 saturated carbocycles. The molecular formula is C22H21FN6O3. The SMILES string of the molecule is Cc1nn2c(C3CCN(C=O)CC3)cc(=O)[nH]c2c1-c1nc(Cc2ccc(F)cc2)no1. The van der Waals surface area contributed by atoms with Crippen LogP contribution in [0, 0.1) is 12.7 Å². The molecule has 1 aliphatic rings. The summed E-state index contributed by atoms with van der Waals surface area (Å²) in [5, 5.41) is 8.68. The molecule has 10 heteroatoms. The summed E-state index contributed by atoms with van der Waals surface area (Å²) in [6, 6.07) is 7.69. The Morgan fingerprint density at radius 1 is 1.25 bits per heavy atom. The molecule has 4 aromatic rings. The van der Waals surface area contributed by atoms with Crippen molar-refractivity contribution in [3.8, 4) is 11.5 Å². The second-order valence-electron chi connectivity index (χ2n) is 8.01. The van der Waals surface area contributed by atoms with Crippen LogP contribution in [0.2, 0.25) is 0 Å². The van der Waals surface area contributed by atoms with Crippen LogP contribution in [-0.2, 0) is 11.2 Å². The number of carbonyl (C=O) groups excluding carboxylic acids is 1. The van der Waals surface area contributed by atoms with Crippen LogP contribution in [0.15, 0.2) is 39.6 Å². The van der Waals surface area contributed by atoms with Gasteiger partial charge in [-0.25, -0.2) is 8.91 Å². The number of aromatic amines is 1. The zero-order valence-electron chi connectivity index (χ0n) is 17.4. The summed E-state index contributed by atoms with van der Waals surface area (Å²) in [6.07, 6.45) is 2.76. The Bertz CT molecular complexity index is 1330. The molecule has 1 aromatic carbocycles. The van der Waals surface area contributed by atoms with E-state index >= 15 is 0 Å². The van der Waals surface area contributed by atoms with Gasteiger partial charge in [-0.2, -0.15) is 10.1 Å². The minimum Gasteiger partial charge on any atom is -0.345 e.